The Morgan fingerprint density at radius 2 is 1.96 bits per heavy atom. The van der Waals surface area contributed by atoms with Crippen LogP contribution in [0.3, 0.4) is 0 Å². The first-order valence-electron chi connectivity index (χ1n) is 13.9. The monoisotopic (exact) mass is 646 g/mol. The van der Waals surface area contributed by atoms with Gasteiger partial charge in [0.25, 0.3) is 12.0 Å². The summed E-state index contributed by atoms with van der Waals surface area (Å²) >= 11 is 2.37. The summed E-state index contributed by atoms with van der Waals surface area (Å²) < 4.78 is 39.7. The van der Waals surface area contributed by atoms with Crippen molar-refractivity contribution in [3.8, 4) is 11.8 Å². The van der Waals surface area contributed by atoms with Gasteiger partial charge < -0.3 is 9.47 Å². The van der Waals surface area contributed by atoms with Gasteiger partial charge >= 0.3 is 5.97 Å². The molecule has 1 aliphatic heterocycles. The number of rotatable bonds is 9. The van der Waals surface area contributed by atoms with Crippen molar-refractivity contribution in [2.24, 2.45) is 4.99 Å². The Labute approximate surface area is 266 Å². The summed E-state index contributed by atoms with van der Waals surface area (Å²) in [7, 11) is 1.52. The van der Waals surface area contributed by atoms with Gasteiger partial charge in [-0.15, -0.1) is 11.8 Å². The van der Waals surface area contributed by atoms with Crippen LogP contribution in [0.2, 0.25) is 0 Å². The van der Waals surface area contributed by atoms with Crippen LogP contribution >= 0.6 is 23.1 Å². The number of carbonyl (C=O) groups excluding carboxylic acids is 1. The number of fused-ring (bicyclic) bond motifs is 1. The fraction of sp³-hybridized carbons (Fsp3) is 0.242. The van der Waals surface area contributed by atoms with Gasteiger partial charge in [0.05, 0.1) is 41.1 Å². The van der Waals surface area contributed by atoms with Crippen LogP contribution in [0.15, 0.2) is 80.7 Å². The van der Waals surface area contributed by atoms with E-state index in [2.05, 4.69) is 16.0 Å². The van der Waals surface area contributed by atoms with Crippen LogP contribution in [0.4, 0.5) is 8.78 Å². The van der Waals surface area contributed by atoms with E-state index < -0.39 is 18.4 Å². The molecule has 0 fully saturated rings. The maximum atomic E-state index is 13.9. The van der Waals surface area contributed by atoms with Gasteiger partial charge in [-0.3, -0.25) is 9.36 Å². The number of nitrogens with zero attached hydrogens (tertiary/aromatic N) is 4. The van der Waals surface area contributed by atoms with Crippen molar-refractivity contribution in [1.82, 2.24) is 9.55 Å². The molecule has 0 radical (unpaired) electrons. The van der Waals surface area contributed by atoms with Crippen LogP contribution < -0.4 is 19.6 Å². The minimum absolute atomic E-state index is 0.185. The number of thioether (sulfide) groups is 1. The highest BCUT2D eigenvalue weighted by atomic mass is 32.2. The van der Waals surface area contributed by atoms with Gasteiger partial charge in [-0.1, -0.05) is 47.7 Å². The van der Waals surface area contributed by atoms with Crippen molar-refractivity contribution in [3.63, 3.8) is 0 Å². The summed E-state index contributed by atoms with van der Waals surface area (Å²) in [6, 6.07) is 17.3. The zero-order chi connectivity index (χ0) is 32.2. The molecule has 2 aromatic carbocycles. The molecule has 0 saturated heterocycles. The number of nitriles is 1. The summed E-state index contributed by atoms with van der Waals surface area (Å²) in [5, 5.41) is 9.83. The normalized spacial score (nSPS) is 14.6. The molecule has 0 aliphatic carbocycles. The van der Waals surface area contributed by atoms with Crippen molar-refractivity contribution >= 4 is 35.1 Å². The van der Waals surface area contributed by atoms with Gasteiger partial charge in [-0.2, -0.15) is 5.26 Å². The molecule has 1 aliphatic rings. The van der Waals surface area contributed by atoms with Crippen LogP contribution in [0.1, 0.15) is 59.8 Å². The van der Waals surface area contributed by atoms with Gasteiger partial charge in [-0.25, -0.2) is 23.6 Å². The van der Waals surface area contributed by atoms with E-state index in [1.807, 2.05) is 36.4 Å². The van der Waals surface area contributed by atoms with Crippen LogP contribution in [-0.4, -0.2) is 29.2 Å². The molecule has 0 saturated carbocycles. The number of halogens is 2. The molecule has 1 unspecified atom stereocenters. The maximum absolute atomic E-state index is 13.9. The summed E-state index contributed by atoms with van der Waals surface area (Å²) in [5.74, 6) is 0.304. The number of aromatic nitrogens is 2. The molecule has 0 spiro atoms. The first-order chi connectivity index (χ1) is 21.7. The van der Waals surface area contributed by atoms with E-state index in [1.165, 1.54) is 29.1 Å². The van der Waals surface area contributed by atoms with E-state index in [9.17, 15) is 23.6 Å². The number of pyridine rings is 1. The smallest absolute Gasteiger partial charge is 0.338 e. The predicted octanol–water partition coefficient (Wildman–Crippen LogP) is 5.61. The lowest BCUT2D eigenvalue weighted by atomic mass is 9.96. The topological polar surface area (TPSA) is 107 Å². The van der Waals surface area contributed by atoms with Crippen molar-refractivity contribution in [2.75, 3.05) is 13.7 Å². The third-order valence-corrected chi connectivity index (χ3v) is 9.14. The second-order valence-electron chi connectivity index (χ2n) is 10.0. The van der Waals surface area contributed by atoms with E-state index in [0.29, 0.717) is 37.5 Å². The third kappa shape index (κ3) is 6.45. The SMILES string of the molecule is CCOC(=O)C1=C(C)N=c2sc(=Cc3ccc(OC)c(CSc4nc(C(F)F)cc(C)c4C#N)c3)c(=O)n2C1c1ccccc1. The second-order valence-corrected chi connectivity index (χ2v) is 12.0. The molecule has 3 heterocycles. The van der Waals surface area contributed by atoms with Gasteiger partial charge in [0.1, 0.15) is 22.5 Å². The number of allylic oxidation sites excluding steroid dienone is 1. The van der Waals surface area contributed by atoms with Gasteiger partial charge in [0.15, 0.2) is 4.80 Å². The second kappa shape index (κ2) is 13.6. The van der Waals surface area contributed by atoms with Crippen LogP contribution in [0.25, 0.3) is 6.08 Å². The quantitative estimate of drug-likeness (QED) is 0.172. The Kier molecular flexibility index (Phi) is 9.60. The standard InChI is InChI=1S/C33H28F2N4O4S2/c1-5-43-32(41)27-19(3)37-33-39(28(27)21-9-7-6-8-10-21)31(40)26(45-33)15-20-11-12-25(42-4)22(14-20)17-44-30-23(16-36)18(2)13-24(38-30)29(34)35/h6-15,28-29H,5,17H2,1-4H3. The number of alkyl halides is 2. The fourth-order valence-electron chi connectivity index (χ4n) is 5.06. The first kappa shape index (κ1) is 31.8. The van der Waals surface area contributed by atoms with Crippen molar-refractivity contribution in [2.45, 2.75) is 44.0 Å². The number of thiazole rings is 1. The minimum atomic E-state index is -2.76. The summed E-state index contributed by atoms with van der Waals surface area (Å²) in [6.07, 6.45) is -1.02. The van der Waals surface area contributed by atoms with Crippen molar-refractivity contribution in [3.05, 3.63) is 119 Å². The molecule has 0 amide bonds. The molecule has 2 aromatic heterocycles. The average Bonchev–Trinajstić information content (AvgIpc) is 3.33. The van der Waals surface area contributed by atoms with Gasteiger partial charge in [-0.05, 0) is 61.7 Å². The lowest BCUT2D eigenvalue weighted by molar-refractivity contribution is -0.139. The number of ether oxygens (including phenoxy) is 2. The molecular formula is C33H28F2N4O4S2. The number of esters is 1. The Hall–Kier alpha value is -4.60. The number of benzene rings is 2. The van der Waals surface area contributed by atoms with E-state index in [0.717, 1.165) is 22.9 Å². The number of aryl methyl sites for hydroxylation is 1. The molecule has 0 N–H and O–H groups in total. The minimum Gasteiger partial charge on any atom is -0.496 e. The maximum Gasteiger partial charge on any atom is 0.338 e. The van der Waals surface area contributed by atoms with Crippen LogP contribution in [0.5, 0.6) is 5.75 Å². The highest BCUT2D eigenvalue weighted by Crippen LogP contribution is 2.33. The van der Waals surface area contributed by atoms with E-state index in [1.54, 1.807) is 39.0 Å². The lowest BCUT2D eigenvalue weighted by Crippen LogP contribution is -2.39. The molecule has 4 aromatic rings. The molecule has 0 bridgehead atoms. The predicted molar refractivity (Wildman–Crippen MR) is 168 cm³/mol. The van der Waals surface area contributed by atoms with E-state index in [4.69, 9.17) is 9.47 Å². The summed E-state index contributed by atoms with van der Waals surface area (Å²) in [5.41, 5.74) is 2.93. The fourth-order valence-corrected chi connectivity index (χ4v) is 7.15. The number of methoxy groups -OCH3 is 1. The molecular weight excluding hydrogens is 619 g/mol. The largest absolute Gasteiger partial charge is 0.496 e. The van der Waals surface area contributed by atoms with Crippen LogP contribution in [0, 0.1) is 18.3 Å². The van der Waals surface area contributed by atoms with Crippen molar-refractivity contribution < 1.29 is 23.0 Å². The van der Waals surface area contributed by atoms with Gasteiger partial charge in [0, 0.05) is 11.3 Å². The van der Waals surface area contributed by atoms with E-state index in [-0.39, 0.29) is 34.2 Å². The van der Waals surface area contributed by atoms with Crippen molar-refractivity contribution in [1.29, 1.82) is 5.26 Å². The number of hydrogen-bond acceptors (Lipinski definition) is 9. The zero-order valence-corrected chi connectivity index (χ0v) is 26.5. The van der Waals surface area contributed by atoms with Crippen LogP contribution in [-0.2, 0) is 15.3 Å². The molecule has 8 nitrogen and oxygen atoms in total. The molecule has 12 heteroatoms. The Balaban J connectivity index is 1.56. The van der Waals surface area contributed by atoms with E-state index >= 15 is 0 Å². The zero-order valence-electron chi connectivity index (χ0n) is 24.8. The van der Waals surface area contributed by atoms with Gasteiger partial charge in [0.2, 0.25) is 0 Å². The molecule has 1 atom stereocenters. The molecule has 5 rings (SSSR count). The molecule has 230 valence electrons. The number of hydrogen-bond donors (Lipinski definition) is 0. The number of carbonyl (C=O) groups is 1. The average molecular weight is 647 g/mol. The third-order valence-electron chi connectivity index (χ3n) is 7.14. The summed E-state index contributed by atoms with van der Waals surface area (Å²) in [6.45, 7) is 5.25. The molecule has 45 heavy (non-hydrogen) atoms. The highest BCUT2D eigenvalue weighted by molar-refractivity contribution is 7.98. The highest BCUT2D eigenvalue weighted by Gasteiger charge is 2.33. The Morgan fingerprint density at radius 1 is 1.20 bits per heavy atom. The lowest BCUT2D eigenvalue weighted by Gasteiger charge is -2.24. The Bertz CT molecular complexity index is 2030. The Morgan fingerprint density at radius 3 is 2.62 bits per heavy atom. The first-order valence-corrected chi connectivity index (χ1v) is 15.7. The summed E-state index contributed by atoms with van der Waals surface area (Å²) in [4.78, 5) is 36.1.